The zero-order chi connectivity index (χ0) is 17.7. The summed E-state index contributed by atoms with van der Waals surface area (Å²) in [6.45, 7) is 4.79. The molecule has 1 saturated carbocycles. The average molecular weight is 345 g/mol. The van der Waals surface area contributed by atoms with E-state index in [4.69, 9.17) is 0 Å². The van der Waals surface area contributed by atoms with Crippen LogP contribution in [0.5, 0.6) is 0 Å². The molecule has 2 N–H and O–H groups in total. The highest BCUT2D eigenvalue weighted by Gasteiger charge is 2.36. The summed E-state index contributed by atoms with van der Waals surface area (Å²) >= 11 is 0. The Kier molecular flexibility index (Phi) is 6.12. The predicted octanol–water partition coefficient (Wildman–Crippen LogP) is 3.07. The number of rotatable bonds is 4. The van der Waals surface area contributed by atoms with Crippen molar-refractivity contribution in [3.05, 3.63) is 17.5 Å². The first kappa shape index (κ1) is 18.6. The predicted molar refractivity (Wildman–Crippen MR) is 87.6 cm³/mol. The number of nitrogens with one attached hydrogen (secondary N) is 2. The SMILES string of the molecule is CCNC(=NCc1cn(C)nc1C(F)(F)F)NC1CCC(C)CC1. The van der Waals surface area contributed by atoms with Crippen molar-refractivity contribution in [3.8, 4) is 0 Å². The first-order valence-corrected chi connectivity index (χ1v) is 8.44. The third kappa shape index (κ3) is 5.14. The second kappa shape index (κ2) is 7.90. The van der Waals surface area contributed by atoms with Gasteiger partial charge in [0.05, 0.1) is 6.54 Å². The molecule has 136 valence electrons. The molecule has 0 bridgehead atoms. The van der Waals surface area contributed by atoms with E-state index in [-0.39, 0.29) is 12.1 Å². The highest BCUT2D eigenvalue weighted by Crippen LogP contribution is 2.30. The van der Waals surface area contributed by atoms with E-state index in [2.05, 4.69) is 27.6 Å². The number of aryl methyl sites for hydroxylation is 1. The Balaban J connectivity index is 2.06. The van der Waals surface area contributed by atoms with E-state index in [0.717, 1.165) is 31.6 Å². The summed E-state index contributed by atoms with van der Waals surface area (Å²) in [4.78, 5) is 4.33. The van der Waals surface area contributed by atoms with E-state index in [0.29, 0.717) is 18.5 Å². The van der Waals surface area contributed by atoms with Gasteiger partial charge >= 0.3 is 6.18 Å². The van der Waals surface area contributed by atoms with Crippen LogP contribution in [0.15, 0.2) is 11.2 Å². The van der Waals surface area contributed by atoms with Crippen molar-refractivity contribution in [2.75, 3.05) is 6.54 Å². The van der Waals surface area contributed by atoms with Crippen LogP contribution in [0, 0.1) is 5.92 Å². The largest absolute Gasteiger partial charge is 0.435 e. The molecule has 24 heavy (non-hydrogen) atoms. The van der Waals surface area contributed by atoms with Crippen LogP contribution >= 0.6 is 0 Å². The standard InChI is InChI=1S/C16H26F3N5/c1-4-20-15(22-13-7-5-11(2)6-8-13)21-9-12-10-24(3)23-14(12)16(17,18)19/h10-11,13H,4-9H2,1-3H3,(H2,20,21,22). The molecule has 0 saturated heterocycles. The first-order valence-electron chi connectivity index (χ1n) is 8.44. The molecule has 1 heterocycles. The Bertz CT molecular complexity index is 557. The van der Waals surface area contributed by atoms with Gasteiger partial charge in [-0.3, -0.25) is 4.68 Å². The fourth-order valence-electron chi connectivity index (χ4n) is 2.97. The fourth-order valence-corrected chi connectivity index (χ4v) is 2.97. The Morgan fingerprint density at radius 1 is 1.33 bits per heavy atom. The minimum atomic E-state index is -4.46. The topological polar surface area (TPSA) is 54.2 Å². The van der Waals surface area contributed by atoms with Crippen LogP contribution in [0.4, 0.5) is 13.2 Å². The molecule has 5 nitrogen and oxygen atoms in total. The number of alkyl halides is 3. The molecule has 1 aliphatic rings. The van der Waals surface area contributed by atoms with E-state index in [1.807, 2.05) is 6.92 Å². The quantitative estimate of drug-likeness (QED) is 0.651. The number of aliphatic imine (C=N–C) groups is 1. The molecule has 1 aromatic heterocycles. The molecule has 0 amide bonds. The number of hydrogen-bond acceptors (Lipinski definition) is 2. The monoisotopic (exact) mass is 345 g/mol. The lowest BCUT2D eigenvalue weighted by molar-refractivity contribution is -0.142. The minimum Gasteiger partial charge on any atom is -0.357 e. The van der Waals surface area contributed by atoms with Gasteiger partial charge in [-0.05, 0) is 38.5 Å². The number of guanidine groups is 1. The second-order valence-electron chi connectivity index (χ2n) is 6.47. The highest BCUT2D eigenvalue weighted by atomic mass is 19.4. The van der Waals surface area contributed by atoms with Gasteiger partial charge in [0.15, 0.2) is 11.7 Å². The number of aromatic nitrogens is 2. The molecular formula is C16H26F3N5. The van der Waals surface area contributed by atoms with Crippen molar-refractivity contribution in [3.63, 3.8) is 0 Å². The van der Waals surface area contributed by atoms with Crippen LogP contribution in [0.25, 0.3) is 0 Å². The highest BCUT2D eigenvalue weighted by molar-refractivity contribution is 5.80. The molecule has 8 heteroatoms. The molecule has 0 radical (unpaired) electrons. The van der Waals surface area contributed by atoms with Crippen molar-refractivity contribution in [1.82, 2.24) is 20.4 Å². The summed E-state index contributed by atoms with van der Waals surface area (Å²) in [5.74, 6) is 1.31. The van der Waals surface area contributed by atoms with Gasteiger partial charge < -0.3 is 10.6 Å². The fraction of sp³-hybridized carbons (Fsp3) is 0.750. The number of nitrogens with zero attached hydrogens (tertiary/aromatic N) is 3. The summed E-state index contributed by atoms with van der Waals surface area (Å²) in [5.41, 5.74) is -0.782. The third-order valence-electron chi connectivity index (χ3n) is 4.28. The van der Waals surface area contributed by atoms with Gasteiger partial charge in [-0.1, -0.05) is 6.92 Å². The van der Waals surface area contributed by atoms with Crippen molar-refractivity contribution in [2.24, 2.45) is 18.0 Å². The Morgan fingerprint density at radius 3 is 2.58 bits per heavy atom. The normalized spacial score (nSPS) is 22.5. The van der Waals surface area contributed by atoms with Gasteiger partial charge in [-0.15, -0.1) is 0 Å². The summed E-state index contributed by atoms with van der Waals surface area (Å²) in [7, 11) is 1.48. The third-order valence-corrected chi connectivity index (χ3v) is 4.28. The lowest BCUT2D eigenvalue weighted by atomic mass is 9.87. The zero-order valence-corrected chi connectivity index (χ0v) is 14.5. The van der Waals surface area contributed by atoms with Crippen molar-refractivity contribution in [1.29, 1.82) is 0 Å². The summed E-state index contributed by atoms with van der Waals surface area (Å²) in [6.07, 6.45) is 1.37. The van der Waals surface area contributed by atoms with E-state index in [1.54, 1.807) is 0 Å². The molecule has 1 aromatic rings. The molecule has 1 aliphatic carbocycles. The van der Waals surface area contributed by atoms with E-state index >= 15 is 0 Å². The Labute approximate surface area is 140 Å². The van der Waals surface area contributed by atoms with Crippen LogP contribution in [-0.2, 0) is 19.8 Å². The van der Waals surface area contributed by atoms with Gasteiger partial charge in [0, 0.05) is 31.4 Å². The van der Waals surface area contributed by atoms with Gasteiger partial charge in [0.1, 0.15) is 0 Å². The van der Waals surface area contributed by atoms with Gasteiger partial charge in [0.25, 0.3) is 0 Å². The summed E-state index contributed by atoms with van der Waals surface area (Å²) < 4.78 is 40.1. The maximum atomic E-state index is 13.0. The van der Waals surface area contributed by atoms with Crippen molar-refractivity contribution in [2.45, 2.75) is 58.3 Å². The average Bonchev–Trinajstić information content (AvgIpc) is 2.88. The van der Waals surface area contributed by atoms with Crippen LogP contribution in [0.3, 0.4) is 0 Å². The Morgan fingerprint density at radius 2 is 2.00 bits per heavy atom. The van der Waals surface area contributed by atoms with Crippen molar-refractivity contribution >= 4 is 5.96 Å². The van der Waals surface area contributed by atoms with Gasteiger partial charge in [-0.25, -0.2) is 4.99 Å². The molecule has 0 aromatic carbocycles. The second-order valence-corrected chi connectivity index (χ2v) is 6.47. The van der Waals surface area contributed by atoms with Crippen LogP contribution in [0.2, 0.25) is 0 Å². The van der Waals surface area contributed by atoms with Gasteiger partial charge in [0.2, 0.25) is 0 Å². The first-order chi connectivity index (χ1) is 11.3. The maximum absolute atomic E-state index is 13.0. The molecule has 0 aliphatic heterocycles. The van der Waals surface area contributed by atoms with Crippen LogP contribution < -0.4 is 10.6 Å². The summed E-state index contributed by atoms with van der Waals surface area (Å²) in [6, 6.07) is 0.329. The molecule has 0 unspecified atom stereocenters. The van der Waals surface area contributed by atoms with Crippen LogP contribution in [0.1, 0.15) is 50.8 Å². The molecule has 0 atom stereocenters. The number of halogens is 3. The zero-order valence-electron chi connectivity index (χ0n) is 14.5. The smallest absolute Gasteiger partial charge is 0.357 e. The molecule has 2 rings (SSSR count). The van der Waals surface area contributed by atoms with Gasteiger partial charge in [-0.2, -0.15) is 18.3 Å². The molecular weight excluding hydrogens is 319 g/mol. The van der Waals surface area contributed by atoms with Crippen molar-refractivity contribution < 1.29 is 13.2 Å². The molecule has 0 spiro atoms. The lowest BCUT2D eigenvalue weighted by Gasteiger charge is -2.28. The summed E-state index contributed by atoms with van der Waals surface area (Å²) in [5, 5.41) is 9.96. The maximum Gasteiger partial charge on any atom is 0.435 e. The minimum absolute atomic E-state index is 0.0544. The van der Waals surface area contributed by atoms with E-state index in [9.17, 15) is 13.2 Å². The van der Waals surface area contributed by atoms with E-state index in [1.165, 1.54) is 17.9 Å². The number of hydrogen-bond donors (Lipinski definition) is 2. The lowest BCUT2D eigenvalue weighted by Crippen LogP contribution is -2.44. The Hall–Kier alpha value is -1.73. The van der Waals surface area contributed by atoms with E-state index < -0.39 is 11.9 Å². The molecule has 1 fully saturated rings. The van der Waals surface area contributed by atoms with Crippen LogP contribution in [-0.4, -0.2) is 28.3 Å².